The van der Waals surface area contributed by atoms with Crippen LogP contribution in [-0.4, -0.2) is 44.7 Å². The van der Waals surface area contributed by atoms with Crippen molar-refractivity contribution in [1.29, 1.82) is 0 Å². The quantitative estimate of drug-likeness (QED) is 0.523. The lowest BCUT2D eigenvalue weighted by Crippen LogP contribution is -2.67. The SMILES string of the molecule is COc1cc(C2C3=C(CCCC3=O)NC3NC(SCc4ccccc4)NC(=O)C32)cc(OC)c1OC. The van der Waals surface area contributed by atoms with E-state index in [0.717, 1.165) is 29.9 Å². The van der Waals surface area contributed by atoms with E-state index in [1.165, 1.54) is 5.56 Å². The van der Waals surface area contributed by atoms with Crippen LogP contribution in [0.4, 0.5) is 0 Å². The molecule has 5 rings (SSSR count). The summed E-state index contributed by atoms with van der Waals surface area (Å²) < 4.78 is 16.7. The number of methoxy groups -OCH3 is 3. The molecule has 3 aliphatic rings. The molecule has 1 fully saturated rings. The topological polar surface area (TPSA) is 97.9 Å². The molecule has 2 heterocycles. The number of rotatable bonds is 7. The number of ketones is 1. The van der Waals surface area contributed by atoms with Crippen LogP contribution >= 0.6 is 11.8 Å². The summed E-state index contributed by atoms with van der Waals surface area (Å²) >= 11 is 1.63. The van der Waals surface area contributed by atoms with Crippen molar-refractivity contribution in [3.05, 3.63) is 64.9 Å². The van der Waals surface area contributed by atoms with E-state index in [1.807, 2.05) is 30.3 Å². The average molecular weight is 510 g/mol. The van der Waals surface area contributed by atoms with Gasteiger partial charge in [-0.25, -0.2) is 0 Å². The number of Topliss-reactive ketones (excluding diaryl/α,β-unsaturated/α-hetero) is 1. The molecule has 1 saturated heterocycles. The minimum atomic E-state index is -0.526. The Hall–Kier alpha value is -3.17. The van der Waals surface area contributed by atoms with Crippen molar-refractivity contribution in [1.82, 2.24) is 16.0 Å². The third kappa shape index (κ3) is 4.53. The van der Waals surface area contributed by atoms with Gasteiger partial charge in [-0.15, -0.1) is 11.8 Å². The standard InChI is InChI=1S/C27H31N3O5S/c1-33-19-12-16(13-20(34-2)24(19)35-3)21-22-17(10-7-11-18(22)31)28-25-23(21)26(32)30-27(29-25)36-14-15-8-5-4-6-9-15/h4-6,8-9,12-13,21,23,25,27-29H,7,10-11,14H2,1-3H3,(H,30,32). The van der Waals surface area contributed by atoms with E-state index >= 15 is 0 Å². The normalized spacial score (nSPS) is 25.3. The van der Waals surface area contributed by atoms with E-state index in [2.05, 4.69) is 28.1 Å². The Labute approximate surface area is 215 Å². The second kappa shape index (κ2) is 10.4. The molecule has 2 aliphatic heterocycles. The fourth-order valence-corrected chi connectivity index (χ4v) is 6.39. The van der Waals surface area contributed by atoms with Gasteiger partial charge in [-0.05, 0) is 36.1 Å². The Morgan fingerprint density at radius 3 is 2.33 bits per heavy atom. The fourth-order valence-electron chi connectivity index (χ4n) is 5.40. The molecule has 8 nitrogen and oxygen atoms in total. The van der Waals surface area contributed by atoms with E-state index in [9.17, 15) is 9.59 Å². The maximum atomic E-state index is 13.6. The molecule has 36 heavy (non-hydrogen) atoms. The van der Waals surface area contributed by atoms with Crippen molar-refractivity contribution in [2.24, 2.45) is 5.92 Å². The van der Waals surface area contributed by atoms with Crippen molar-refractivity contribution in [2.75, 3.05) is 21.3 Å². The van der Waals surface area contributed by atoms with Crippen LogP contribution in [0, 0.1) is 5.92 Å². The van der Waals surface area contributed by atoms with E-state index in [-0.39, 0.29) is 23.4 Å². The lowest BCUT2D eigenvalue weighted by Gasteiger charge is -2.47. The zero-order valence-corrected chi connectivity index (χ0v) is 21.4. The largest absolute Gasteiger partial charge is 0.493 e. The number of hydrogen-bond donors (Lipinski definition) is 3. The van der Waals surface area contributed by atoms with Gasteiger partial charge in [-0.3, -0.25) is 14.9 Å². The predicted molar refractivity (Wildman–Crippen MR) is 138 cm³/mol. The van der Waals surface area contributed by atoms with Gasteiger partial charge in [0.1, 0.15) is 5.50 Å². The van der Waals surface area contributed by atoms with Crippen LogP contribution in [-0.2, 0) is 15.3 Å². The van der Waals surface area contributed by atoms with Crippen molar-refractivity contribution in [2.45, 2.75) is 42.6 Å². The first-order chi connectivity index (χ1) is 17.5. The summed E-state index contributed by atoms with van der Waals surface area (Å²) in [4.78, 5) is 26.8. The first kappa shape index (κ1) is 24.5. The summed E-state index contributed by atoms with van der Waals surface area (Å²) in [5.74, 6) is 1.23. The summed E-state index contributed by atoms with van der Waals surface area (Å²) in [5.41, 5.74) is 3.32. The molecular formula is C27H31N3O5S. The molecule has 190 valence electrons. The number of benzene rings is 2. The maximum Gasteiger partial charge on any atom is 0.229 e. The smallest absolute Gasteiger partial charge is 0.229 e. The molecule has 2 aromatic carbocycles. The number of nitrogens with one attached hydrogen (secondary N) is 3. The molecular weight excluding hydrogens is 478 g/mol. The molecule has 4 unspecified atom stereocenters. The molecule has 0 radical (unpaired) electrons. The minimum absolute atomic E-state index is 0.0781. The Morgan fingerprint density at radius 1 is 0.944 bits per heavy atom. The van der Waals surface area contributed by atoms with Crippen LogP contribution in [0.25, 0.3) is 0 Å². The molecule has 3 N–H and O–H groups in total. The Bertz CT molecular complexity index is 1160. The lowest BCUT2D eigenvalue weighted by molar-refractivity contribution is -0.130. The zero-order valence-electron chi connectivity index (χ0n) is 20.6. The molecule has 9 heteroatoms. The van der Waals surface area contributed by atoms with Crippen LogP contribution in [0.1, 0.15) is 36.3 Å². The van der Waals surface area contributed by atoms with Crippen LogP contribution in [0.5, 0.6) is 17.2 Å². The van der Waals surface area contributed by atoms with E-state index in [0.29, 0.717) is 29.2 Å². The summed E-state index contributed by atoms with van der Waals surface area (Å²) in [5, 5.41) is 10.2. The molecule has 0 saturated carbocycles. The van der Waals surface area contributed by atoms with E-state index in [1.54, 1.807) is 33.1 Å². The number of carbonyl (C=O) groups excluding carboxylic acids is 2. The van der Waals surface area contributed by atoms with Gasteiger partial charge in [-0.2, -0.15) is 0 Å². The Morgan fingerprint density at radius 2 is 1.67 bits per heavy atom. The van der Waals surface area contributed by atoms with E-state index in [4.69, 9.17) is 14.2 Å². The highest BCUT2D eigenvalue weighted by Crippen LogP contribution is 2.48. The second-order valence-electron chi connectivity index (χ2n) is 9.10. The van der Waals surface area contributed by atoms with Crippen molar-refractivity contribution in [3.8, 4) is 17.2 Å². The Kier molecular flexibility index (Phi) is 7.11. The maximum absolute atomic E-state index is 13.6. The van der Waals surface area contributed by atoms with Gasteiger partial charge >= 0.3 is 0 Å². The highest BCUT2D eigenvalue weighted by Gasteiger charge is 2.49. The number of carbonyl (C=O) groups is 2. The first-order valence-corrected chi connectivity index (χ1v) is 13.1. The van der Waals surface area contributed by atoms with Gasteiger partial charge in [-0.1, -0.05) is 30.3 Å². The number of fused-ring (bicyclic) bond motifs is 1. The number of hydrogen-bond acceptors (Lipinski definition) is 8. The van der Waals surface area contributed by atoms with Gasteiger partial charge in [0.15, 0.2) is 17.3 Å². The second-order valence-corrected chi connectivity index (χ2v) is 10.2. The molecule has 2 aromatic rings. The van der Waals surface area contributed by atoms with Crippen molar-refractivity contribution in [3.63, 3.8) is 0 Å². The van der Waals surface area contributed by atoms with Gasteiger partial charge in [0.05, 0.1) is 33.4 Å². The number of allylic oxidation sites excluding steroid dienone is 2. The fraction of sp³-hybridized carbons (Fsp3) is 0.407. The first-order valence-electron chi connectivity index (χ1n) is 12.1. The highest BCUT2D eigenvalue weighted by molar-refractivity contribution is 7.99. The summed E-state index contributed by atoms with van der Waals surface area (Å²) in [6.45, 7) is 0. The van der Waals surface area contributed by atoms with Crippen LogP contribution in [0.2, 0.25) is 0 Å². The molecule has 0 spiro atoms. The predicted octanol–water partition coefficient (Wildman–Crippen LogP) is 3.29. The van der Waals surface area contributed by atoms with Crippen molar-refractivity contribution < 1.29 is 23.8 Å². The number of amides is 1. The van der Waals surface area contributed by atoms with E-state index < -0.39 is 11.8 Å². The van der Waals surface area contributed by atoms with Gasteiger partial charge in [0.25, 0.3) is 0 Å². The van der Waals surface area contributed by atoms with Crippen molar-refractivity contribution >= 4 is 23.5 Å². The summed E-state index contributed by atoms with van der Waals surface area (Å²) in [6.07, 6.45) is 1.73. The molecule has 4 atom stereocenters. The molecule has 1 amide bonds. The average Bonchev–Trinajstić information content (AvgIpc) is 2.90. The van der Waals surface area contributed by atoms with Gasteiger partial charge in [0.2, 0.25) is 11.7 Å². The number of ether oxygens (including phenoxy) is 3. The van der Waals surface area contributed by atoms with Gasteiger partial charge < -0.3 is 24.8 Å². The van der Waals surface area contributed by atoms with Crippen LogP contribution < -0.4 is 30.2 Å². The van der Waals surface area contributed by atoms with Crippen LogP contribution in [0.15, 0.2) is 53.7 Å². The molecule has 0 aromatic heterocycles. The number of thioether (sulfide) groups is 1. The van der Waals surface area contributed by atoms with Gasteiger partial charge in [0, 0.05) is 29.4 Å². The monoisotopic (exact) mass is 509 g/mol. The summed E-state index contributed by atoms with van der Waals surface area (Å²) in [6, 6.07) is 13.9. The lowest BCUT2D eigenvalue weighted by atomic mass is 9.70. The van der Waals surface area contributed by atoms with Crippen LogP contribution in [0.3, 0.4) is 0 Å². The summed E-state index contributed by atoms with van der Waals surface area (Å²) in [7, 11) is 4.68. The Balaban J connectivity index is 1.50. The third-order valence-electron chi connectivity index (χ3n) is 7.03. The molecule has 1 aliphatic carbocycles. The highest BCUT2D eigenvalue weighted by atomic mass is 32.2. The third-order valence-corrected chi connectivity index (χ3v) is 8.12. The minimum Gasteiger partial charge on any atom is -0.493 e. The molecule has 0 bridgehead atoms. The zero-order chi connectivity index (χ0) is 25.2.